The third kappa shape index (κ3) is 5.10. The average Bonchev–Trinajstić information content (AvgIpc) is 2.99. The number of nitrogens with one attached hydrogen (secondary N) is 1. The lowest BCUT2D eigenvalue weighted by Crippen LogP contribution is -2.56. The van der Waals surface area contributed by atoms with E-state index in [-0.39, 0.29) is 12.1 Å². The molecule has 0 radical (unpaired) electrons. The first-order valence-electron chi connectivity index (χ1n) is 15.8. The van der Waals surface area contributed by atoms with Crippen molar-refractivity contribution in [3.63, 3.8) is 0 Å². The maximum atomic E-state index is 14.5. The maximum absolute atomic E-state index is 14.5. The van der Waals surface area contributed by atoms with Gasteiger partial charge >= 0.3 is 6.03 Å². The number of amides is 2. The van der Waals surface area contributed by atoms with Gasteiger partial charge in [0, 0.05) is 55.4 Å². The monoisotopic (exact) mass is 565 g/mol. The molecule has 4 aliphatic rings. The van der Waals surface area contributed by atoms with E-state index in [9.17, 15) is 4.79 Å². The van der Waals surface area contributed by atoms with Gasteiger partial charge < -0.3 is 15.1 Å². The fourth-order valence-electron chi connectivity index (χ4n) is 7.82. The highest BCUT2D eigenvalue weighted by Crippen LogP contribution is 2.45. The zero-order valence-corrected chi connectivity index (χ0v) is 25.2. The molecule has 2 bridgehead atoms. The molecule has 1 N–H and O–H groups in total. The van der Waals surface area contributed by atoms with Crippen LogP contribution in [0.25, 0.3) is 0 Å². The van der Waals surface area contributed by atoms with E-state index in [2.05, 4.69) is 83.4 Å². The van der Waals surface area contributed by atoms with Gasteiger partial charge in [-0.1, -0.05) is 31.0 Å². The number of likely N-dealkylation sites (N-methyl/N-ethyl adjacent to an activating group) is 1. The number of aryl methyl sites for hydroxylation is 2. The van der Waals surface area contributed by atoms with Crippen molar-refractivity contribution in [2.45, 2.75) is 65.0 Å². The van der Waals surface area contributed by atoms with Crippen LogP contribution in [-0.2, 0) is 6.54 Å². The largest absolute Gasteiger partial charge is 0.369 e. The molecule has 3 aromatic rings. The second kappa shape index (κ2) is 11.2. The minimum absolute atomic E-state index is 0.0510. The number of benzene rings is 2. The molecule has 2 amide bonds. The molecular weight excluding hydrogens is 522 g/mol. The first-order valence-corrected chi connectivity index (χ1v) is 15.8. The molecule has 3 unspecified atom stereocenters. The molecule has 1 saturated heterocycles. The fraction of sp³-hybridized carbons (Fsp3) is 0.500. The summed E-state index contributed by atoms with van der Waals surface area (Å²) in [5, 5.41) is 3.43. The van der Waals surface area contributed by atoms with Crippen molar-refractivity contribution in [1.82, 2.24) is 14.9 Å². The molecule has 8 heteroatoms. The number of rotatable bonds is 5. The number of anilines is 5. The summed E-state index contributed by atoms with van der Waals surface area (Å²) in [7, 11) is 2.18. The molecule has 1 aromatic heterocycles. The van der Waals surface area contributed by atoms with Crippen molar-refractivity contribution in [2.24, 2.45) is 11.8 Å². The lowest BCUT2D eigenvalue weighted by atomic mass is 9.69. The van der Waals surface area contributed by atoms with Gasteiger partial charge in [-0.05, 0) is 93.8 Å². The molecule has 220 valence electrons. The smallest absolute Gasteiger partial charge is 0.330 e. The van der Waals surface area contributed by atoms with E-state index < -0.39 is 0 Å². The van der Waals surface area contributed by atoms with Crippen LogP contribution in [0.4, 0.5) is 33.6 Å². The van der Waals surface area contributed by atoms with Crippen molar-refractivity contribution in [1.29, 1.82) is 0 Å². The van der Waals surface area contributed by atoms with E-state index in [1.54, 1.807) is 0 Å². The first-order chi connectivity index (χ1) is 20.4. The number of carbonyl (C=O) groups excluding carboxylic acids is 1. The Morgan fingerprint density at radius 1 is 0.905 bits per heavy atom. The van der Waals surface area contributed by atoms with Crippen molar-refractivity contribution < 1.29 is 4.79 Å². The molecule has 2 aliphatic heterocycles. The van der Waals surface area contributed by atoms with Gasteiger partial charge in [-0.2, -0.15) is 4.98 Å². The van der Waals surface area contributed by atoms with Gasteiger partial charge in [0.2, 0.25) is 5.95 Å². The van der Waals surface area contributed by atoms with E-state index in [1.165, 1.54) is 37.8 Å². The zero-order chi connectivity index (χ0) is 28.8. The van der Waals surface area contributed by atoms with Crippen LogP contribution in [0, 0.1) is 25.7 Å². The second-order valence-corrected chi connectivity index (χ2v) is 12.9. The van der Waals surface area contributed by atoms with Crippen LogP contribution < -0.4 is 20.0 Å². The topological polar surface area (TPSA) is 67.8 Å². The van der Waals surface area contributed by atoms with Gasteiger partial charge in [0.25, 0.3) is 0 Å². The van der Waals surface area contributed by atoms with Crippen LogP contribution in [0.3, 0.4) is 0 Å². The molecule has 2 saturated carbocycles. The molecule has 3 fully saturated rings. The van der Waals surface area contributed by atoms with Gasteiger partial charge in [0.1, 0.15) is 5.82 Å². The standard InChI is InChI=1S/C34H43N7O/c1-23-6-4-7-24(2)31(23)40-22-27-21-35-33(36-28-11-13-29(14-12-28)39-18-16-38(3)17-19-39)37-32(27)41(34(40)42)30-15-10-25-8-5-9-26(30)20-25/h4,6-7,11-14,21,25-26,30H,5,8-10,15-20,22H2,1-3H3,(H,35,36,37). The Kier molecular flexibility index (Phi) is 7.26. The van der Waals surface area contributed by atoms with Gasteiger partial charge in [0.05, 0.1) is 12.2 Å². The van der Waals surface area contributed by atoms with Crippen LogP contribution in [0.2, 0.25) is 0 Å². The summed E-state index contributed by atoms with van der Waals surface area (Å²) in [6, 6.07) is 15.0. The molecule has 2 aromatic carbocycles. The Labute approximate surface area is 249 Å². The predicted molar refractivity (Wildman–Crippen MR) is 170 cm³/mol. The van der Waals surface area contributed by atoms with E-state index in [0.29, 0.717) is 18.4 Å². The van der Waals surface area contributed by atoms with Gasteiger partial charge in [-0.25, -0.2) is 9.78 Å². The number of carbonyl (C=O) groups is 1. The third-order valence-corrected chi connectivity index (χ3v) is 10.1. The molecule has 0 spiro atoms. The summed E-state index contributed by atoms with van der Waals surface area (Å²) in [5.41, 5.74) is 6.45. The Morgan fingerprint density at radius 3 is 2.43 bits per heavy atom. The molecule has 3 heterocycles. The van der Waals surface area contributed by atoms with E-state index in [4.69, 9.17) is 9.97 Å². The lowest BCUT2D eigenvalue weighted by molar-refractivity contribution is 0.158. The third-order valence-electron chi connectivity index (χ3n) is 10.1. The van der Waals surface area contributed by atoms with Crippen LogP contribution in [0.5, 0.6) is 0 Å². The van der Waals surface area contributed by atoms with Crippen molar-refractivity contribution in [2.75, 3.05) is 53.2 Å². The minimum atomic E-state index is 0.0510. The SMILES string of the molecule is Cc1cccc(C)c1N1Cc2cnc(Nc3ccc(N4CCN(C)CC4)cc3)nc2N(C2CCC3CCCC2C3)C1=O. The summed E-state index contributed by atoms with van der Waals surface area (Å²) in [6.45, 7) is 8.94. The highest BCUT2D eigenvalue weighted by Gasteiger charge is 2.44. The van der Waals surface area contributed by atoms with Crippen LogP contribution in [0.15, 0.2) is 48.7 Å². The summed E-state index contributed by atoms with van der Waals surface area (Å²) in [6.07, 6.45) is 9.19. The summed E-state index contributed by atoms with van der Waals surface area (Å²) >= 11 is 0. The normalized spacial score (nSPS) is 24.5. The molecular formula is C34H43N7O. The number of urea groups is 1. The van der Waals surface area contributed by atoms with Crippen LogP contribution in [-0.4, -0.2) is 60.2 Å². The number of aromatic nitrogens is 2. The number of hydrogen-bond donors (Lipinski definition) is 1. The van der Waals surface area contributed by atoms with Crippen molar-refractivity contribution >= 4 is 34.9 Å². The highest BCUT2D eigenvalue weighted by molar-refractivity contribution is 6.06. The van der Waals surface area contributed by atoms with E-state index in [0.717, 1.165) is 72.4 Å². The molecule has 8 nitrogen and oxygen atoms in total. The molecule has 3 atom stereocenters. The van der Waals surface area contributed by atoms with Gasteiger partial charge in [-0.15, -0.1) is 0 Å². The number of piperazine rings is 1. The summed E-state index contributed by atoms with van der Waals surface area (Å²) < 4.78 is 0. The average molecular weight is 566 g/mol. The van der Waals surface area contributed by atoms with Gasteiger partial charge in [-0.3, -0.25) is 9.80 Å². The van der Waals surface area contributed by atoms with Crippen molar-refractivity contribution in [3.05, 3.63) is 65.4 Å². The summed E-state index contributed by atoms with van der Waals surface area (Å²) in [5.74, 6) is 2.66. The zero-order valence-electron chi connectivity index (χ0n) is 25.2. The fourth-order valence-corrected chi connectivity index (χ4v) is 7.82. The van der Waals surface area contributed by atoms with Crippen molar-refractivity contribution in [3.8, 4) is 0 Å². The molecule has 2 aliphatic carbocycles. The summed E-state index contributed by atoms with van der Waals surface area (Å²) in [4.78, 5) is 33.1. The predicted octanol–water partition coefficient (Wildman–Crippen LogP) is 6.50. The number of nitrogens with zero attached hydrogens (tertiary/aromatic N) is 6. The quantitative estimate of drug-likeness (QED) is 0.381. The number of hydrogen-bond acceptors (Lipinski definition) is 6. The van der Waals surface area contributed by atoms with E-state index in [1.807, 2.05) is 11.1 Å². The Morgan fingerprint density at radius 2 is 1.67 bits per heavy atom. The van der Waals surface area contributed by atoms with Crippen LogP contribution in [0.1, 0.15) is 55.2 Å². The second-order valence-electron chi connectivity index (χ2n) is 12.9. The highest BCUT2D eigenvalue weighted by atomic mass is 16.2. The first kappa shape index (κ1) is 27.2. The van der Waals surface area contributed by atoms with Crippen LogP contribution >= 0.6 is 0 Å². The minimum Gasteiger partial charge on any atom is -0.369 e. The number of para-hydroxylation sites is 1. The Bertz CT molecular complexity index is 1430. The lowest BCUT2D eigenvalue weighted by Gasteiger charge is -2.48. The number of fused-ring (bicyclic) bond motifs is 3. The Balaban J connectivity index is 1.19. The Hall–Kier alpha value is -3.65. The maximum Gasteiger partial charge on any atom is 0.330 e. The molecule has 7 rings (SSSR count). The van der Waals surface area contributed by atoms with Gasteiger partial charge in [0.15, 0.2) is 0 Å². The van der Waals surface area contributed by atoms with E-state index >= 15 is 0 Å². The molecule has 42 heavy (non-hydrogen) atoms.